The second kappa shape index (κ2) is 7.22. The van der Waals surface area contributed by atoms with Crippen LogP contribution in [0.3, 0.4) is 0 Å². The molecule has 1 atom stereocenters. The number of primary amides is 1. The molecule has 0 aliphatic carbocycles. The predicted octanol–water partition coefficient (Wildman–Crippen LogP) is -0.00850. The first-order valence-corrected chi connectivity index (χ1v) is 6.00. The molecule has 0 saturated carbocycles. The topological polar surface area (TPSA) is 110 Å². The molecule has 114 valence electrons. The van der Waals surface area contributed by atoms with Crippen LogP contribution in [0.5, 0.6) is 5.75 Å². The van der Waals surface area contributed by atoms with E-state index in [1.807, 2.05) is 0 Å². The van der Waals surface area contributed by atoms with Crippen molar-refractivity contribution in [3.05, 3.63) is 30.1 Å². The highest BCUT2D eigenvalue weighted by Gasteiger charge is 2.25. The minimum absolute atomic E-state index is 0.242. The summed E-state index contributed by atoms with van der Waals surface area (Å²) in [6.07, 6.45) is -1.05. The van der Waals surface area contributed by atoms with E-state index >= 15 is 0 Å². The normalized spacial score (nSPS) is 11.5. The SMILES string of the molecule is CC(Oc1ccc(F)cc1)C(=O)N(CC(N)=O)CC(=O)O. The number of carbonyl (C=O) groups is 3. The van der Waals surface area contributed by atoms with E-state index in [4.69, 9.17) is 15.6 Å². The Kier molecular flexibility index (Phi) is 5.65. The smallest absolute Gasteiger partial charge is 0.323 e. The first kappa shape index (κ1) is 16.4. The summed E-state index contributed by atoms with van der Waals surface area (Å²) in [5.74, 6) is -3.04. The molecule has 0 aliphatic heterocycles. The van der Waals surface area contributed by atoms with Crippen molar-refractivity contribution in [3.63, 3.8) is 0 Å². The average molecular weight is 298 g/mol. The van der Waals surface area contributed by atoms with E-state index in [0.29, 0.717) is 0 Å². The molecule has 1 unspecified atom stereocenters. The molecule has 21 heavy (non-hydrogen) atoms. The zero-order valence-electron chi connectivity index (χ0n) is 11.3. The Balaban J connectivity index is 2.74. The molecule has 1 aromatic rings. The zero-order valence-corrected chi connectivity index (χ0v) is 11.3. The van der Waals surface area contributed by atoms with Crippen molar-refractivity contribution in [2.45, 2.75) is 13.0 Å². The fourth-order valence-electron chi connectivity index (χ4n) is 1.59. The first-order valence-electron chi connectivity index (χ1n) is 6.00. The minimum Gasteiger partial charge on any atom is -0.481 e. The van der Waals surface area contributed by atoms with Crippen LogP contribution in [0.4, 0.5) is 4.39 Å². The van der Waals surface area contributed by atoms with E-state index in [2.05, 4.69) is 0 Å². The summed E-state index contributed by atoms with van der Waals surface area (Å²) in [6.45, 7) is 0.197. The van der Waals surface area contributed by atoms with Gasteiger partial charge in [-0.05, 0) is 31.2 Å². The predicted molar refractivity (Wildman–Crippen MR) is 69.9 cm³/mol. The summed E-state index contributed by atoms with van der Waals surface area (Å²) in [6, 6.07) is 4.97. The number of nitrogens with zero attached hydrogens (tertiary/aromatic N) is 1. The summed E-state index contributed by atoms with van der Waals surface area (Å²) in [7, 11) is 0. The number of halogens is 1. The molecule has 1 aromatic carbocycles. The number of aliphatic carboxylic acids is 1. The molecular formula is C13H15FN2O5. The molecular weight excluding hydrogens is 283 g/mol. The van der Waals surface area contributed by atoms with Crippen molar-refractivity contribution in [3.8, 4) is 5.75 Å². The van der Waals surface area contributed by atoms with Gasteiger partial charge in [0.1, 0.15) is 24.7 Å². The number of carbonyl (C=O) groups excluding carboxylic acids is 2. The Bertz CT molecular complexity index is 516. The maximum atomic E-state index is 12.8. The van der Waals surface area contributed by atoms with Crippen LogP contribution in [0.2, 0.25) is 0 Å². The highest BCUT2D eigenvalue weighted by molar-refractivity contribution is 5.89. The zero-order chi connectivity index (χ0) is 16.0. The van der Waals surface area contributed by atoms with Gasteiger partial charge < -0.3 is 20.5 Å². The van der Waals surface area contributed by atoms with Crippen molar-refractivity contribution in [2.24, 2.45) is 5.73 Å². The highest BCUT2D eigenvalue weighted by Crippen LogP contribution is 2.14. The summed E-state index contributed by atoms with van der Waals surface area (Å²) in [5, 5.41) is 8.72. The Morgan fingerprint density at radius 1 is 1.29 bits per heavy atom. The van der Waals surface area contributed by atoms with Crippen molar-refractivity contribution >= 4 is 17.8 Å². The van der Waals surface area contributed by atoms with Gasteiger partial charge in [-0.3, -0.25) is 14.4 Å². The third kappa shape index (κ3) is 5.47. The van der Waals surface area contributed by atoms with E-state index in [-0.39, 0.29) is 5.75 Å². The third-order valence-electron chi connectivity index (χ3n) is 2.46. The lowest BCUT2D eigenvalue weighted by atomic mass is 10.3. The monoisotopic (exact) mass is 298 g/mol. The van der Waals surface area contributed by atoms with E-state index in [1.54, 1.807) is 0 Å². The summed E-state index contributed by atoms with van der Waals surface area (Å²) in [5.41, 5.74) is 4.97. The van der Waals surface area contributed by atoms with Crippen LogP contribution in [0.25, 0.3) is 0 Å². The van der Waals surface area contributed by atoms with Gasteiger partial charge in [0.2, 0.25) is 5.91 Å². The number of carboxylic acids is 1. The molecule has 0 spiro atoms. The molecule has 0 aromatic heterocycles. The molecule has 0 fully saturated rings. The fourth-order valence-corrected chi connectivity index (χ4v) is 1.59. The number of nitrogens with two attached hydrogens (primary N) is 1. The van der Waals surface area contributed by atoms with Gasteiger partial charge in [0.05, 0.1) is 0 Å². The van der Waals surface area contributed by atoms with Gasteiger partial charge in [0.15, 0.2) is 6.10 Å². The number of rotatable bonds is 7. The van der Waals surface area contributed by atoms with Gasteiger partial charge in [-0.1, -0.05) is 0 Å². The highest BCUT2D eigenvalue weighted by atomic mass is 19.1. The van der Waals surface area contributed by atoms with Gasteiger partial charge >= 0.3 is 5.97 Å². The molecule has 3 N–H and O–H groups in total. The Morgan fingerprint density at radius 2 is 1.86 bits per heavy atom. The average Bonchev–Trinajstić information content (AvgIpc) is 2.38. The second-order valence-corrected chi connectivity index (χ2v) is 4.27. The van der Waals surface area contributed by atoms with Crippen molar-refractivity contribution in [1.29, 1.82) is 0 Å². The number of carboxylic acid groups (broad SMARTS) is 1. The van der Waals surface area contributed by atoms with Crippen molar-refractivity contribution < 1.29 is 28.6 Å². The Labute approximate surface area is 120 Å². The number of benzene rings is 1. The maximum Gasteiger partial charge on any atom is 0.323 e. The molecule has 0 aliphatic rings. The van der Waals surface area contributed by atoms with Crippen LogP contribution >= 0.6 is 0 Å². The van der Waals surface area contributed by atoms with Crippen LogP contribution in [0.1, 0.15) is 6.92 Å². The van der Waals surface area contributed by atoms with E-state index < -0.39 is 42.8 Å². The molecule has 0 radical (unpaired) electrons. The van der Waals surface area contributed by atoms with Gasteiger partial charge in [0.25, 0.3) is 5.91 Å². The second-order valence-electron chi connectivity index (χ2n) is 4.27. The largest absolute Gasteiger partial charge is 0.481 e. The first-order chi connectivity index (χ1) is 9.79. The molecule has 0 saturated heterocycles. The molecule has 7 nitrogen and oxygen atoms in total. The van der Waals surface area contributed by atoms with Crippen LogP contribution in [-0.4, -0.2) is 47.0 Å². The molecule has 0 heterocycles. The summed E-state index contributed by atoms with van der Waals surface area (Å²) in [4.78, 5) is 34.4. The van der Waals surface area contributed by atoms with Gasteiger partial charge in [0, 0.05) is 0 Å². The summed E-state index contributed by atoms with van der Waals surface area (Å²) >= 11 is 0. The van der Waals surface area contributed by atoms with Gasteiger partial charge in [-0.25, -0.2) is 4.39 Å². The standard InChI is InChI=1S/C13H15FN2O5/c1-8(21-10-4-2-9(14)3-5-10)13(20)16(6-11(15)17)7-12(18)19/h2-5,8H,6-7H2,1H3,(H2,15,17)(H,18,19). The number of amides is 2. The quantitative estimate of drug-likeness (QED) is 0.735. The van der Waals surface area contributed by atoms with E-state index in [0.717, 1.165) is 17.0 Å². The Hall–Kier alpha value is -2.64. The molecule has 8 heteroatoms. The van der Waals surface area contributed by atoms with Gasteiger partial charge in [-0.2, -0.15) is 0 Å². The maximum absolute atomic E-state index is 12.8. The number of hydrogen-bond donors (Lipinski definition) is 2. The molecule has 1 rings (SSSR count). The summed E-state index contributed by atoms with van der Waals surface area (Å²) < 4.78 is 18.0. The lowest BCUT2D eigenvalue weighted by molar-refractivity contribution is -0.148. The number of hydrogen-bond acceptors (Lipinski definition) is 4. The van der Waals surface area contributed by atoms with E-state index in [9.17, 15) is 18.8 Å². The fraction of sp³-hybridized carbons (Fsp3) is 0.308. The van der Waals surface area contributed by atoms with Crippen molar-refractivity contribution in [1.82, 2.24) is 4.90 Å². The van der Waals surface area contributed by atoms with Gasteiger partial charge in [-0.15, -0.1) is 0 Å². The lowest BCUT2D eigenvalue weighted by Gasteiger charge is -2.23. The van der Waals surface area contributed by atoms with Crippen LogP contribution in [-0.2, 0) is 14.4 Å². The Morgan fingerprint density at radius 3 is 2.33 bits per heavy atom. The van der Waals surface area contributed by atoms with Crippen LogP contribution < -0.4 is 10.5 Å². The number of ether oxygens (including phenoxy) is 1. The van der Waals surface area contributed by atoms with E-state index in [1.165, 1.54) is 19.1 Å². The molecule has 0 bridgehead atoms. The van der Waals surface area contributed by atoms with Crippen LogP contribution in [0, 0.1) is 5.82 Å². The van der Waals surface area contributed by atoms with Crippen molar-refractivity contribution in [2.75, 3.05) is 13.1 Å². The lowest BCUT2D eigenvalue weighted by Crippen LogP contribution is -2.46. The molecule has 2 amide bonds. The van der Waals surface area contributed by atoms with Crippen LogP contribution in [0.15, 0.2) is 24.3 Å². The minimum atomic E-state index is -1.28. The third-order valence-corrected chi connectivity index (χ3v) is 2.46.